The molecule has 3 atom stereocenters. The summed E-state index contributed by atoms with van der Waals surface area (Å²) in [5.41, 5.74) is 2.31. The van der Waals surface area contributed by atoms with Crippen LogP contribution in [0.25, 0.3) is 11.0 Å². The number of β-lactam (4-membered cyclic amide) rings is 1. The fourth-order valence-electron chi connectivity index (χ4n) is 4.47. The molecular formula is C26H30N6O5. The zero-order chi connectivity index (χ0) is 26.4. The van der Waals surface area contributed by atoms with Crippen molar-refractivity contribution in [3.63, 3.8) is 0 Å². The smallest absolute Gasteiger partial charge is 0.328 e. The summed E-state index contributed by atoms with van der Waals surface area (Å²) < 4.78 is 6.43. The summed E-state index contributed by atoms with van der Waals surface area (Å²) in [6, 6.07) is 14.0. The molecule has 3 amide bonds. The third kappa shape index (κ3) is 5.76. The van der Waals surface area contributed by atoms with E-state index in [4.69, 9.17) is 4.74 Å². The molecule has 1 fully saturated rings. The van der Waals surface area contributed by atoms with Crippen molar-refractivity contribution in [2.45, 2.75) is 57.4 Å². The van der Waals surface area contributed by atoms with Gasteiger partial charge in [0.2, 0.25) is 17.7 Å². The Balaban J connectivity index is 1.44. The van der Waals surface area contributed by atoms with E-state index in [-0.39, 0.29) is 31.3 Å². The number of amides is 3. The first-order chi connectivity index (χ1) is 17.9. The number of carbonyl (C=O) groups is 4. The molecule has 1 aliphatic rings. The van der Waals surface area contributed by atoms with E-state index in [0.29, 0.717) is 18.4 Å². The Morgan fingerprint density at radius 3 is 2.54 bits per heavy atom. The summed E-state index contributed by atoms with van der Waals surface area (Å²) in [6.45, 7) is 1.97. The molecule has 0 bridgehead atoms. The number of methoxy groups -OCH3 is 1. The standard InChI is InChI=1S/C26H30N6O5/c1-3-9-21(24(34)27-16-31-20-13-8-7-12-18(20)29-30-31)32-22(15-23(32)33)25(35)28-19(26(36)37-2)14-17-10-5-4-6-11-17/h4-8,10-13,19,21-22H,3,9,14-16H2,1-2H3,(H,27,34)(H,28,35). The van der Waals surface area contributed by atoms with Crippen molar-refractivity contribution >= 4 is 34.7 Å². The van der Waals surface area contributed by atoms with Crippen molar-refractivity contribution in [3.8, 4) is 0 Å². The number of nitrogens with one attached hydrogen (secondary N) is 2. The number of ether oxygens (including phenoxy) is 1. The van der Waals surface area contributed by atoms with Gasteiger partial charge in [-0.2, -0.15) is 0 Å². The van der Waals surface area contributed by atoms with Gasteiger partial charge in [-0.15, -0.1) is 5.10 Å². The van der Waals surface area contributed by atoms with Crippen LogP contribution in [0, 0.1) is 0 Å². The molecule has 11 heteroatoms. The first kappa shape index (κ1) is 25.8. The number of fused-ring (bicyclic) bond motifs is 1. The van der Waals surface area contributed by atoms with Crippen LogP contribution in [0.5, 0.6) is 0 Å². The zero-order valence-electron chi connectivity index (χ0n) is 20.8. The second kappa shape index (κ2) is 11.6. The molecule has 3 unspecified atom stereocenters. The molecule has 0 radical (unpaired) electrons. The normalized spacial score (nSPS) is 16.5. The maximum absolute atomic E-state index is 13.2. The van der Waals surface area contributed by atoms with Gasteiger partial charge in [-0.3, -0.25) is 14.4 Å². The lowest BCUT2D eigenvalue weighted by Gasteiger charge is -2.44. The quantitative estimate of drug-likeness (QED) is 0.294. The maximum Gasteiger partial charge on any atom is 0.328 e. The van der Waals surface area contributed by atoms with E-state index < -0.39 is 30.0 Å². The predicted molar refractivity (Wildman–Crippen MR) is 134 cm³/mol. The second-order valence-corrected chi connectivity index (χ2v) is 8.88. The average Bonchev–Trinajstić information content (AvgIpc) is 3.32. The topological polar surface area (TPSA) is 136 Å². The lowest BCUT2D eigenvalue weighted by atomic mass is 9.94. The van der Waals surface area contributed by atoms with Gasteiger partial charge in [0.05, 0.1) is 19.0 Å². The number of hydrogen-bond acceptors (Lipinski definition) is 7. The van der Waals surface area contributed by atoms with Gasteiger partial charge >= 0.3 is 5.97 Å². The average molecular weight is 507 g/mol. The van der Waals surface area contributed by atoms with Gasteiger partial charge in [0.15, 0.2) is 0 Å². The molecule has 2 heterocycles. The van der Waals surface area contributed by atoms with Crippen LogP contribution in [-0.2, 0) is 37.0 Å². The number of nitrogens with zero attached hydrogens (tertiary/aromatic N) is 4. The van der Waals surface area contributed by atoms with Crippen molar-refractivity contribution in [1.29, 1.82) is 0 Å². The van der Waals surface area contributed by atoms with E-state index in [0.717, 1.165) is 11.1 Å². The first-order valence-corrected chi connectivity index (χ1v) is 12.2. The highest BCUT2D eigenvalue weighted by molar-refractivity contribution is 6.01. The zero-order valence-corrected chi connectivity index (χ0v) is 20.8. The maximum atomic E-state index is 13.2. The van der Waals surface area contributed by atoms with Crippen LogP contribution < -0.4 is 10.6 Å². The molecule has 0 saturated carbocycles. The van der Waals surface area contributed by atoms with Gasteiger partial charge in [0.25, 0.3) is 0 Å². The van der Waals surface area contributed by atoms with E-state index >= 15 is 0 Å². The number of para-hydroxylation sites is 1. The van der Waals surface area contributed by atoms with Crippen LogP contribution in [0.3, 0.4) is 0 Å². The Bertz CT molecular complexity index is 1280. The Kier molecular flexibility index (Phi) is 8.11. The Morgan fingerprint density at radius 2 is 1.84 bits per heavy atom. The van der Waals surface area contributed by atoms with E-state index in [1.165, 1.54) is 12.0 Å². The fraction of sp³-hybridized carbons (Fsp3) is 0.385. The summed E-state index contributed by atoms with van der Waals surface area (Å²) in [5.74, 6) is -1.77. The van der Waals surface area contributed by atoms with Crippen LogP contribution in [0.2, 0.25) is 0 Å². The van der Waals surface area contributed by atoms with Gasteiger partial charge in [0, 0.05) is 6.42 Å². The van der Waals surface area contributed by atoms with Crippen LogP contribution in [0.1, 0.15) is 31.7 Å². The Labute approximate surface area is 214 Å². The molecular weight excluding hydrogens is 476 g/mol. The monoisotopic (exact) mass is 506 g/mol. The van der Waals surface area contributed by atoms with Crippen LogP contribution in [-0.4, -0.2) is 68.8 Å². The van der Waals surface area contributed by atoms with Crippen molar-refractivity contribution < 1.29 is 23.9 Å². The largest absolute Gasteiger partial charge is 0.467 e. The van der Waals surface area contributed by atoms with Gasteiger partial charge in [-0.25, -0.2) is 9.48 Å². The van der Waals surface area contributed by atoms with Crippen LogP contribution in [0.15, 0.2) is 54.6 Å². The van der Waals surface area contributed by atoms with Gasteiger partial charge in [-0.05, 0) is 24.1 Å². The lowest BCUT2D eigenvalue weighted by molar-refractivity contribution is -0.162. The third-order valence-corrected chi connectivity index (χ3v) is 6.40. The highest BCUT2D eigenvalue weighted by Gasteiger charge is 2.47. The summed E-state index contributed by atoms with van der Waals surface area (Å²) in [6.07, 6.45) is 1.21. The van der Waals surface area contributed by atoms with Crippen molar-refractivity contribution in [2.24, 2.45) is 0 Å². The summed E-state index contributed by atoms with van der Waals surface area (Å²) in [7, 11) is 1.26. The summed E-state index contributed by atoms with van der Waals surface area (Å²) in [5, 5.41) is 13.7. The predicted octanol–water partition coefficient (Wildman–Crippen LogP) is 1.18. The Morgan fingerprint density at radius 1 is 1.11 bits per heavy atom. The van der Waals surface area contributed by atoms with Gasteiger partial charge in [-0.1, -0.05) is 61.0 Å². The molecule has 37 heavy (non-hydrogen) atoms. The molecule has 2 N–H and O–H groups in total. The Hall–Kier alpha value is -4.28. The van der Waals surface area contributed by atoms with E-state index in [1.54, 1.807) is 4.68 Å². The molecule has 11 nitrogen and oxygen atoms in total. The molecule has 2 aromatic carbocycles. The second-order valence-electron chi connectivity index (χ2n) is 8.88. The summed E-state index contributed by atoms with van der Waals surface area (Å²) >= 11 is 0. The molecule has 4 rings (SSSR count). The van der Waals surface area contributed by atoms with Gasteiger partial charge < -0.3 is 20.3 Å². The van der Waals surface area contributed by atoms with E-state index in [1.807, 2.05) is 61.5 Å². The molecule has 1 saturated heterocycles. The molecule has 0 aliphatic carbocycles. The van der Waals surface area contributed by atoms with Crippen LogP contribution >= 0.6 is 0 Å². The molecule has 194 valence electrons. The molecule has 0 spiro atoms. The SMILES string of the molecule is CCCC(C(=O)NCn1nnc2ccccc21)N1C(=O)CC1C(=O)NC(Cc1ccccc1)C(=O)OC. The summed E-state index contributed by atoms with van der Waals surface area (Å²) in [4.78, 5) is 52.6. The van der Waals surface area contributed by atoms with Crippen molar-refractivity contribution in [2.75, 3.05) is 7.11 Å². The minimum Gasteiger partial charge on any atom is -0.467 e. The number of aromatic nitrogens is 3. The van der Waals surface area contributed by atoms with Gasteiger partial charge in [0.1, 0.15) is 30.3 Å². The first-order valence-electron chi connectivity index (χ1n) is 12.2. The number of likely N-dealkylation sites (tertiary alicyclic amines) is 1. The minimum absolute atomic E-state index is 0.0354. The van der Waals surface area contributed by atoms with E-state index in [2.05, 4.69) is 20.9 Å². The van der Waals surface area contributed by atoms with Crippen LogP contribution in [0.4, 0.5) is 0 Å². The van der Waals surface area contributed by atoms with Crippen molar-refractivity contribution in [3.05, 3.63) is 60.2 Å². The molecule has 1 aromatic heterocycles. The minimum atomic E-state index is -0.920. The fourth-order valence-corrected chi connectivity index (χ4v) is 4.47. The number of carbonyl (C=O) groups excluding carboxylic acids is 4. The van der Waals surface area contributed by atoms with Crippen molar-refractivity contribution in [1.82, 2.24) is 30.5 Å². The molecule has 1 aliphatic heterocycles. The number of benzene rings is 2. The lowest BCUT2D eigenvalue weighted by Crippen LogP contribution is -2.67. The highest BCUT2D eigenvalue weighted by atomic mass is 16.5. The number of esters is 1. The molecule has 3 aromatic rings. The number of hydrogen-bond donors (Lipinski definition) is 2. The third-order valence-electron chi connectivity index (χ3n) is 6.40. The number of rotatable bonds is 11. The van der Waals surface area contributed by atoms with E-state index in [9.17, 15) is 19.2 Å². The highest BCUT2D eigenvalue weighted by Crippen LogP contribution is 2.26.